The van der Waals surface area contributed by atoms with Gasteiger partial charge >= 0.3 is 0 Å². The third-order valence-corrected chi connectivity index (χ3v) is 5.35. The van der Waals surface area contributed by atoms with Gasteiger partial charge in [-0.3, -0.25) is 14.5 Å². The molecule has 1 amide bonds. The molecule has 1 aliphatic rings. The smallest absolute Gasteiger partial charge is 0.296 e. The van der Waals surface area contributed by atoms with Gasteiger partial charge in [0.25, 0.3) is 5.91 Å². The number of aryl methyl sites for hydroxylation is 1. The first-order chi connectivity index (χ1) is 14.0. The molecular weight excluding hydrogens is 388 g/mol. The number of carbonyl (C=O) groups is 1. The van der Waals surface area contributed by atoms with Crippen LogP contribution in [0.4, 0.5) is 5.82 Å². The van der Waals surface area contributed by atoms with Crippen LogP contribution in [0.1, 0.15) is 33.3 Å². The predicted octanol–water partition coefficient (Wildman–Crippen LogP) is 4.90. The number of benzene rings is 2. The number of para-hydroxylation sites is 1. The molecule has 2 aromatic carbocycles. The van der Waals surface area contributed by atoms with Crippen LogP contribution in [0.5, 0.6) is 0 Å². The largest absolute Gasteiger partial charge is 0.450 e. The lowest BCUT2D eigenvalue weighted by molar-refractivity contribution is 0.0970. The summed E-state index contributed by atoms with van der Waals surface area (Å²) in [5.41, 5.74) is 2.40. The summed E-state index contributed by atoms with van der Waals surface area (Å²) in [7, 11) is 0. The van der Waals surface area contributed by atoms with Gasteiger partial charge in [-0.1, -0.05) is 53.6 Å². The molecule has 5 nitrogen and oxygen atoms in total. The zero-order valence-electron chi connectivity index (χ0n) is 15.4. The van der Waals surface area contributed by atoms with Crippen LogP contribution in [0.25, 0.3) is 11.0 Å². The summed E-state index contributed by atoms with van der Waals surface area (Å²) in [6.45, 7) is 1.98. The Morgan fingerprint density at radius 2 is 1.76 bits per heavy atom. The molecule has 1 atom stereocenters. The number of rotatable bonds is 2. The van der Waals surface area contributed by atoms with Gasteiger partial charge in [0.1, 0.15) is 11.4 Å². The molecule has 6 heteroatoms. The topological polar surface area (TPSA) is 63.4 Å². The third-order valence-electron chi connectivity index (χ3n) is 5.13. The van der Waals surface area contributed by atoms with Gasteiger partial charge in [-0.15, -0.1) is 0 Å². The Morgan fingerprint density at radius 3 is 2.48 bits per heavy atom. The highest BCUT2D eigenvalue weighted by Crippen LogP contribution is 2.40. The number of carbonyl (C=O) groups excluding carboxylic acids is 1. The minimum atomic E-state index is -0.632. The van der Waals surface area contributed by atoms with E-state index in [0.717, 1.165) is 11.1 Å². The summed E-state index contributed by atoms with van der Waals surface area (Å²) in [5.74, 6) is 0.0547. The minimum Gasteiger partial charge on any atom is -0.450 e. The molecule has 3 heterocycles. The number of anilines is 1. The second-order valence-electron chi connectivity index (χ2n) is 6.99. The lowest BCUT2D eigenvalue weighted by Crippen LogP contribution is -2.30. The zero-order chi connectivity index (χ0) is 20.1. The van der Waals surface area contributed by atoms with Crippen molar-refractivity contribution in [3.05, 3.63) is 105 Å². The Balaban J connectivity index is 1.81. The number of nitrogens with zero attached hydrogens (tertiary/aromatic N) is 2. The van der Waals surface area contributed by atoms with Crippen molar-refractivity contribution in [3.63, 3.8) is 0 Å². The molecule has 0 radical (unpaired) electrons. The fraction of sp³-hybridized carbons (Fsp3) is 0.0870. The maximum absolute atomic E-state index is 13.4. The van der Waals surface area contributed by atoms with E-state index in [9.17, 15) is 9.59 Å². The Morgan fingerprint density at radius 1 is 1.00 bits per heavy atom. The standard InChI is InChI=1S/C23H15ClN2O3/c1-13-6-8-14(9-7-13)20-19-21(27)16-4-2-3-5-17(16)29-22(19)23(28)26(20)18-11-10-15(24)12-25-18/h2-12,20H,1H3/t20-/m0/s1. The summed E-state index contributed by atoms with van der Waals surface area (Å²) in [6, 6.07) is 17.4. The van der Waals surface area contributed by atoms with E-state index in [4.69, 9.17) is 16.0 Å². The van der Waals surface area contributed by atoms with Crippen LogP contribution in [0.2, 0.25) is 5.02 Å². The van der Waals surface area contributed by atoms with E-state index < -0.39 is 11.9 Å². The first kappa shape index (κ1) is 17.6. The van der Waals surface area contributed by atoms with E-state index in [-0.39, 0.29) is 11.2 Å². The number of pyridine rings is 1. The number of hydrogen-bond acceptors (Lipinski definition) is 4. The Labute approximate surface area is 171 Å². The maximum atomic E-state index is 13.4. The lowest BCUT2D eigenvalue weighted by atomic mass is 9.98. The van der Waals surface area contributed by atoms with E-state index >= 15 is 0 Å². The molecule has 1 aliphatic heterocycles. The van der Waals surface area contributed by atoms with E-state index in [1.54, 1.807) is 36.4 Å². The molecule has 2 aromatic heterocycles. The molecule has 0 spiro atoms. The number of halogens is 1. The third kappa shape index (κ3) is 2.74. The van der Waals surface area contributed by atoms with Crippen LogP contribution in [0.3, 0.4) is 0 Å². The molecule has 29 heavy (non-hydrogen) atoms. The molecule has 0 saturated heterocycles. The SMILES string of the molecule is Cc1ccc([C@H]2c3c(oc4ccccc4c3=O)C(=O)N2c2ccc(Cl)cn2)cc1. The van der Waals surface area contributed by atoms with Gasteiger partial charge in [0.15, 0.2) is 5.43 Å². The van der Waals surface area contributed by atoms with Gasteiger partial charge in [0, 0.05) is 6.20 Å². The minimum absolute atomic E-state index is 0.0519. The first-order valence-electron chi connectivity index (χ1n) is 9.12. The summed E-state index contributed by atoms with van der Waals surface area (Å²) in [4.78, 5) is 32.5. The maximum Gasteiger partial charge on any atom is 0.296 e. The first-order valence-corrected chi connectivity index (χ1v) is 9.50. The summed E-state index contributed by atoms with van der Waals surface area (Å²) < 4.78 is 5.90. The van der Waals surface area contributed by atoms with Crippen molar-refractivity contribution < 1.29 is 9.21 Å². The number of aromatic nitrogens is 1. The molecule has 0 unspecified atom stereocenters. The Kier molecular flexibility index (Phi) is 4.00. The lowest BCUT2D eigenvalue weighted by Gasteiger charge is -2.24. The molecular formula is C23H15ClN2O3. The van der Waals surface area contributed by atoms with Crippen LogP contribution in [0, 0.1) is 6.92 Å². The van der Waals surface area contributed by atoms with E-state index in [0.29, 0.717) is 27.4 Å². The quantitative estimate of drug-likeness (QED) is 0.478. The van der Waals surface area contributed by atoms with Gasteiger partial charge in [0.05, 0.1) is 22.0 Å². The van der Waals surface area contributed by atoms with Gasteiger partial charge < -0.3 is 4.42 Å². The summed E-state index contributed by atoms with van der Waals surface area (Å²) >= 11 is 5.98. The fourth-order valence-corrected chi connectivity index (χ4v) is 3.84. The number of amides is 1. The Hall–Kier alpha value is -3.44. The van der Waals surface area contributed by atoms with Crippen LogP contribution < -0.4 is 10.3 Å². The molecule has 0 N–H and O–H groups in total. The average Bonchev–Trinajstić information content (AvgIpc) is 3.02. The van der Waals surface area contributed by atoms with E-state index in [1.807, 2.05) is 31.2 Å². The van der Waals surface area contributed by atoms with Crippen molar-refractivity contribution in [1.29, 1.82) is 0 Å². The molecule has 4 aromatic rings. The van der Waals surface area contributed by atoms with Crippen LogP contribution in [0.15, 0.2) is 76.1 Å². The van der Waals surface area contributed by atoms with Crippen LogP contribution in [-0.4, -0.2) is 10.9 Å². The highest BCUT2D eigenvalue weighted by atomic mass is 35.5. The second kappa shape index (κ2) is 6.57. The zero-order valence-corrected chi connectivity index (χ0v) is 16.2. The molecule has 0 aliphatic carbocycles. The fourth-order valence-electron chi connectivity index (χ4n) is 3.73. The normalized spacial score (nSPS) is 15.7. The Bertz CT molecular complexity index is 1310. The van der Waals surface area contributed by atoms with Crippen molar-refractivity contribution in [1.82, 2.24) is 4.98 Å². The van der Waals surface area contributed by atoms with Gasteiger partial charge in [-0.05, 0) is 36.8 Å². The summed E-state index contributed by atoms with van der Waals surface area (Å²) in [5, 5.41) is 0.909. The molecule has 142 valence electrons. The van der Waals surface area contributed by atoms with E-state index in [1.165, 1.54) is 11.1 Å². The molecule has 0 bridgehead atoms. The number of fused-ring (bicyclic) bond motifs is 2. The monoisotopic (exact) mass is 402 g/mol. The predicted molar refractivity (Wildman–Crippen MR) is 112 cm³/mol. The van der Waals surface area contributed by atoms with Crippen molar-refractivity contribution in [3.8, 4) is 0 Å². The average molecular weight is 403 g/mol. The van der Waals surface area contributed by atoms with Crippen molar-refractivity contribution in [2.45, 2.75) is 13.0 Å². The second-order valence-corrected chi connectivity index (χ2v) is 7.43. The summed E-state index contributed by atoms with van der Waals surface area (Å²) in [6.07, 6.45) is 1.48. The van der Waals surface area contributed by atoms with Gasteiger partial charge in [0.2, 0.25) is 5.76 Å². The molecule has 5 rings (SSSR count). The van der Waals surface area contributed by atoms with Crippen molar-refractivity contribution >= 4 is 34.3 Å². The van der Waals surface area contributed by atoms with Gasteiger partial charge in [-0.25, -0.2) is 4.98 Å². The highest BCUT2D eigenvalue weighted by Gasteiger charge is 2.44. The molecule has 0 saturated carbocycles. The number of hydrogen-bond donors (Lipinski definition) is 0. The molecule has 0 fully saturated rings. The van der Waals surface area contributed by atoms with Gasteiger partial charge in [-0.2, -0.15) is 0 Å². The van der Waals surface area contributed by atoms with Crippen LogP contribution >= 0.6 is 11.6 Å². The highest BCUT2D eigenvalue weighted by molar-refractivity contribution is 6.30. The van der Waals surface area contributed by atoms with E-state index in [2.05, 4.69) is 4.98 Å². The van der Waals surface area contributed by atoms with Crippen molar-refractivity contribution in [2.24, 2.45) is 0 Å². The van der Waals surface area contributed by atoms with Crippen molar-refractivity contribution in [2.75, 3.05) is 4.90 Å². The van der Waals surface area contributed by atoms with Crippen LogP contribution in [-0.2, 0) is 0 Å².